The topological polar surface area (TPSA) is 80.3 Å². The minimum Gasteiger partial charge on any atom is -0.444 e. The van der Waals surface area contributed by atoms with Gasteiger partial charge in [0.05, 0.1) is 0 Å². The number of nitrogens with one attached hydrogen (secondary N) is 2. The van der Waals surface area contributed by atoms with Crippen LogP contribution in [0.1, 0.15) is 45.2 Å². The van der Waals surface area contributed by atoms with E-state index in [1.807, 2.05) is 52.0 Å². The number of amides is 2. The molecule has 1 aromatic carbocycles. The molecule has 3 rings (SSSR count). The summed E-state index contributed by atoms with van der Waals surface area (Å²) in [6.07, 6.45) is 2.22. The summed E-state index contributed by atoms with van der Waals surface area (Å²) in [5, 5.41) is 5.70. The van der Waals surface area contributed by atoms with E-state index >= 15 is 0 Å². The largest absolute Gasteiger partial charge is 0.444 e. The summed E-state index contributed by atoms with van der Waals surface area (Å²) in [4.78, 5) is 28.3. The third-order valence-corrected chi connectivity index (χ3v) is 4.96. The summed E-state index contributed by atoms with van der Waals surface area (Å²) >= 11 is 0. The van der Waals surface area contributed by atoms with Crippen LogP contribution in [0.4, 0.5) is 10.6 Å². The van der Waals surface area contributed by atoms with E-state index in [0.717, 1.165) is 28.7 Å². The molecule has 29 heavy (non-hydrogen) atoms. The van der Waals surface area contributed by atoms with Gasteiger partial charge in [-0.2, -0.15) is 0 Å². The Morgan fingerprint density at radius 1 is 1.17 bits per heavy atom. The van der Waals surface area contributed by atoms with Crippen molar-refractivity contribution in [1.29, 1.82) is 0 Å². The molecule has 1 heterocycles. The number of nitrogens with zero attached hydrogens (tertiary/aromatic N) is 1. The van der Waals surface area contributed by atoms with Gasteiger partial charge in [-0.15, -0.1) is 0 Å². The molecule has 1 fully saturated rings. The standard InChI is InChI=1S/C23H29N3O3/c1-14-10-16(6-7-18(14)13-25-22(28)29-23(3,4)5)17-8-9-24-20(12-17)26-21(27)19-11-15(19)2/h6-10,12,15,19H,11,13H2,1-5H3,(H,25,28)(H,24,26,27)/t15-,19-/m0/s1. The number of aromatic nitrogens is 1. The predicted octanol–water partition coefficient (Wildman–Crippen LogP) is 4.68. The lowest BCUT2D eigenvalue weighted by Gasteiger charge is -2.20. The van der Waals surface area contributed by atoms with Gasteiger partial charge in [-0.25, -0.2) is 9.78 Å². The van der Waals surface area contributed by atoms with Gasteiger partial charge in [0.15, 0.2) is 0 Å². The van der Waals surface area contributed by atoms with E-state index in [-0.39, 0.29) is 11.8 Å². The summed E-state index contributed by atoms with van der Waals surface area (Å²) < 4.78 is 5.27. The van der Waals surface area contributed by atoms with Crippen LogP contribution in [-0.4, -0.2) is 22.6 Å². The fraction of sp³-hybridized carbons (Fsp3) is 0.435. The van der Waals surface area contributed by atoms with Crippen molar-refractivity contribution in [2.45, 2.75) is 53.2 Å². The van der Waals surface area contributed by atoms with Crippen molar-refractivity contribution >= 4 is 17.8 Å². The zero-order chi connectivity index (χ0) is 21.2. The molecule has 1 saturated carbocycles. The molecule has 0 saturated heterocycles. The smallest absolute Gasteiger partial charge is 0.407 e. The van der Waals surface area contributed by atoms with Crippen LogP contribution in [0, 0.1) is 18.8 Å². The van der Waals surface area contributed by atoms with E-state index in [2.05, 4.69) is 28.6 Å². The Hall–Kier alpha value is -2.89. The zero-order valence-corrected chi connectivity index (χ0v) is 17.7. The molecule has 0 bridgehead atoms. The van der Waals surface area contributed by atoms with Gasteiger partial charge in [0.2, 0.25) is 5.91 Å². The maximum Gasteiger partial charge on any atom is 0.407 e. The Balaban J connectivity index is 1.66. The van der Waals surface area contributed by atoms with Crippen LogP contribution < -0.4 is 10.6 Å². The van der Waals surface area contributed by atoms with Crippen LogP contribution in [0.2, 0.25) is 0 Å². The Morgan fingerprint density at radius 3 is 2.48 bits per heavy atom. The van der Waals surface area contributed by atoms with E-state index in [1.165, 1.54) is 0 Å². The van der Waals surface area contributed by atoms with Crippen molar-refractivity contribution in [2.75, 3.05) is 5.32 Å². The highest BCUT2D eigenvalue weighted by atomic mass is 16.6. The minimum atomic E-state index is -0.519. The Kier molecular flexibility index (Phi) is 5.91. The average molecular weight is 396 g/mol. The number of anilines is 1. The molecule has 1 aromatic heterocycles. The lowest BCUT2D eigenvalue weighted by Crippen LogP contribution is -2.32. The van der Waals surface area contributed by atoms with Crippen LogP contribution in [0.15, 0.2) is 36.5 Å². The molecule has 1 aliphatic rings. The molecule has 1 aliphatic carbocycles. The molecule has 2 aromatic rings. The van der Waals surface area contributed by atoms with Crippen LogP contribution in [0.5, 0.6) is 0 Å². The van der Waals surface area contributed by atoms with Crippen molar-refractivity contribution in [3.8, 4) is 11.1 Å². The van der Waals surface area contributed by atoms with E-state index in [9.17, 15) is 9.59 Å². The summed E-state index contributed by atoms with van der Waals surface area (Å²) in [6, 6.07) is 9.87. The first kappa shape index (κ1) is 20.8. The second kappa shape index (κ2) is 8.23. The summed E-state index contributed by atoms with van der Waals surface area (Å²) in [5.41, 5.74) is 3.57. The Morgan fingerprint density at radius 2 is 1.86 bits per heavy atom. The van der Waals surface area contributed by atoms with E-state index in [4.69, 9.17) is 4.74 Å². The van der Waals surface area contributed by atoms with Gasteiger partial charge in [-0.05, 0) is 74.4 Å². The molecular formula is C23H29N3O3. The second-order valence-electron chi connectivity index (χ2n) is 8.74. The molecule has 0 spiro atoms. The first-order valence-corrected chi connectivity index (χ1v) is 9.96. The number of hydrogen-bond acceptors (Lipinski definition) is 4. The molecule has 0 radical (unpaired) electrons. The minimum absolute atomic E-state index is 0.0434. The number of hydrogen-bond donors (Lipinski definition) is 2. The number of pyridine rings is 1. The fourth-order valence-corrected chi connectivity index (χ4v) is 3.14. The highest BCUT2D eigenvalue weighted by molar-refractivity contribution is 5.94. The highest BCUT2D eigenvalue weighted by Crippen LogP contribution is 2.38. The predicted molar refractivity (Wildman–Crippen MR) is 113 cm³/mol. The van der Waals surface area contributed by atoms with Crippen molar-refractivity contribution in [2.24, 2.45) is 11.8 Å². The number of rotatable bonds is 5. The van der Waals surface area contributed by atoms with Gasteiger partial charge in [0, 0.05) is 18.7 Å². The summed E-state index contributed by atoms with van der Waals surface area (Å²) in [5.74, 6) is 1.18. The van der Waals surface area contributed by atoms with Gasteiger partial charge in [0.1, 0.15) is 11.4 Å². The summed E-state index contributed by atoms with van der Waals surface area (Å²) in [7, 11) is 0. The highest BCUT2D eigenvalue weighted by Gasteiger charge is 2.39. The molecule has 2 amide bonds. The van der Waals surface area contributed by atoms with Gasteiger partial charge >= 0.3 is 6.09 Å². The molecule has 154 valence electrons. The molecule has 6 heteroatoms. The number of aryl methyl sites for hydroxylation is 1. The molecule has 6 nitrogen and oxygen atoms in total. The molecular weight excluding hydrogens is 366 g/mol. The fourth-order valence-electron chi connectivity index (χ4n) is 3.14. The SMILES string of the molecule is Cc1cc(-c2ccnc(NC(=O)[C@H]3C[C@@H]3C)c2)ccc1CNC(=O)OC(C)(C)C. The van der Waals surface area contributed by atoms with Gasteiger partial charge in [-0.1, -0.05) is 25.1 Å². The van der Waals surface area contributed by atoms with Crippen LogP contribution in [0.25, 0.3) is 11.1 Å². The number of benzene rings is 1. The zero-order valence-electron chi connectivity index (χ0n) is 17.7. The van der Waals surface area contributed by atoms with Crippen LogP contribution >= 0.6 is 0 Å². The second-order valence-corrected chi connectivity index (χ2v) is 8.74. The molecule has 2 N–H and O–H groups in total. The number of alkyl carbamates (subject to hydrolysis) is 1. The van der Waals surface area contributed by atoms with Gasteiger partial charge in [-0.3, -0.25) is 4.79 Å². The lowest BCUT2D eigenvalue weighted by molar-refractivity contribution is -0.117. The van der Waals surface area contributed by atoms with Crippen molar-refractivity contribution in [3.63, 3.8) is 0 Å². The van der Waals surface area contributed by atoms with Crippen molar-refractivity contribution in [3.05, 3.63) is 47.7 Å². The van der Waals surface area contributed by atoms with Crippen molar-refractivity contribution in [1.82, 2.24) is 10.3 Å². The Bertz CT molecular complexity index is 918. The number of carbonyl (C=O) groups is 2. The summed E-state index contributed by atoms with van der Waals surface area (Å²) in [6.45, 7) is 10.00. The van der Waals surface area contributed by atoms with Crippen molar-refractivity contribution < 1.29 is 14.3 Å². The number of ether oxygens (including phenoxy) is 1. The van der Waals surface area contributed by atoms with E-state index in [1.54, 1.807) is 6.20 Å². The quantitative estimate of drug-likeness (QED) is 0.770. The third-order valence-electron chi connectivity index (χ3n) is 4.96. The van der Waals surface area contributed by atoms with Crippen LogP contribution in [-0.2, 0) is 16.1 Å². The first-order chi connectivity index (χ1) is 13.6. The van der Waals surface area contributed by atoms with Gasteiger partial charge in [0.25, 0.3) is 0 Å². The molecule has 2 atom stereocenters. The van der Waals surface area contributed by atoms with Crippen LogP contribution in [0.3, 0.4) is 0 Å². The molecule has 0 aliphatic heterocycles. The first-order valence-electron chi connectivity index (χ1n) is 9.96. The maximum atomic E-state index is 12.1. The molecule has 0 unspecified atom stereocenters. The Labute approximate surface area is 172 Å². The lowest BCUT2D eigenvalue weighted by atomic mass is 10.0. The monoisotopic (exact) mass is 395 g/mol. The average Bonchev–Trinajstić information content (AvgIpc) is 3.36. The maximum absolute atomic E-state index is 12.1. The normalized spacial score (nSPS) is 18.1. The third kappa shape index (κ3) is 5.79. The van der Waals surface area contributed by atoms with E-state index in [0.29, 0.717) is 18.3 Å². The number of carbonyl (C=O) groups excluding carboxylic acids is 2. The van der Waals surface area contributed by atoms with Gasteiger partial charge < -0.3 is 15.4 Å². The van der Waals surface area contributed by atoms with E-state index < -0.39 is 11.7 Å².